The first-order valence-corrected chi connectivity index (χ1v) is 12.3. The van der Waals surface area contributed by atoms with Gasteiger partial charge >= 0.3 is 0 Å². The molecule has 3 fully saturated rings. The highest BCUT2D eigenvalue weighted by atomic mass is 19.3. The lowest BCUT2D eigenvalue weighted by atomic mass is 9.71. The largest absolute Gasteiger partial charge is 0.496 e. The molecule has 5 rings (SSSR count). The van der Waals surface area contributed by atoms with Crippen LogP contribution in [0.4, 0.5) is 26.2 Å². The average molecular weight is 486 g/mol. The molecule has 1 heterocycles. The summed E-state index contributed by atoms with van der Waals surface area (Å²) in [6.07, 6.45) is 5.96. The second-order valence-electron chi connectivity index (χ2n) is 10.2. The minimum absolute atomic E-state index is 0.0129. The van der Waals surface area contributed by atoms with Crippen LogP contribution in [-0.4, -0.2) is 41.8 Å². The number of nitrogen functional groups attached to an aromatic ring is 1. The first kappa shape index (κ1) is 23.7. The molecule has 1 aromatic carbocycles. The van der Waals surface area contributed by atoms with Gasteiger partial charge in [0.1, 0.15) is 17.1 Å². The van der Waals surface area contributed by atoms with Crippen LogP contribution in [0.15, 0.2) is 18.2 Å². The topological polar surface area (TPSA) is 121 Å². The van der Waals surface area contributed by atoms with Crippen molar-refractivity contribution in [3.05, 3.63) is 35.0 Å². The number of hydrogen-bond acceptors (Lipinski definition) is 8. The standard InChI is InChI=1S/C25H33F2N7O/c1-35-20-7-15(11-30-18-3-2-4-18)5-6-17(20)13-31-21-19(10-28)33-23(29)34-22(21)32-12-16-8-24(9-16)14-25(24,26)27/h5-7,10,16,18,28,30-31H,2-4,8-9,11-14H2,1H3,(H3,29,32,33,34). The van der Waals surface area contributed by atoms with E-state index in [4.69, 9.17) is 15.9 Å². The lowest BCUT2D eigenvalue weighted by Gasteiger charge is -2.36. The third-order valence-corrected chi connectivity index (χ3v) is 7.73. The fourth-order valence-corrected chi connectivity index (χ4v) is 5.26. The molecule has 3 saturated carbocycles. The van der Waals surface area contributed by atoms with E-state index in [0.717, 1.165) is 29.6 Å². The number of nitrogens with zero attached hydrogens (tertiary/aromatic N) is 2. The van der Waals surface area contributed by atoms with Crippen molar-refractivity contribution in [3.63, 3.8) is 0 Å². The summed E-state index contributed by atoms with van der Waals surface area (Å²) < 4.78 is 32.7. The molecule has 8 nitrogen and oxygen atoms in total. The molecule has 3 aliphatic rings. The van der Waals surface area contributed by atoms with Crippen molar-refractivity contribution < 1.29 is 13.5 Å². The molecule has 6 N–H and O–H groups in total. The molecule has 0 aliphatic heterocycles. The Morgan fingerprint density at radius 2 is 1.97 bits per heavy atom. The van der Waals surface area contributed by atoms with Crippen LogP contribution in [0.1, 0.15) is 55.3 Å². The predicted octanol–water partition coefficient (Wildman–Crippen LogP) is 4.17. The van der Waals surface area contributed by atoms with Gasteiger partial charge in [0.05, 0.1) is 7.11 Å². The zero-order chi connectivity index (χ0) is 24.6. The van der Waals surface area contributed by atoms with E-state index < -0.39 is 11.3 Å². The molecule has 0 saturated heterocycles. The SMILES string of the molecule is COc1cc(CNC2CCC2)ccc1CNc1c(C=N)nc(N)nc1NCC1CC2(C1)CC2(F)F. The molecule has 0 bridgehead atoms. The van der Waals surface area contributed by atoms with Gasteiger partial charge in [0.15, 0.2) is 5.82 Å². The summed E-state index contributed by atoms with van der Waals surface area (Å²) in [7, 11) is 1.65. The maximum atomic E-state index is 13.5. The molecule has 188 valence electrons. The van der Waals surface area contributed by atoms with Crippen LogP contribution in [-0.2, 0) is 13.1 Å². The Balaban J connectivity index is 1.24. The second-order valence-corrected chi connectivity index (χ2v) is 10.2. The van der Waals surface area contributed by atoms with Gasteiger partial charge < -0.3 is 31.8 Å². The van der Waals surface area contributed by atoms with Gasteiger partial charge in [-0.05, 0) is 43.2 Å². The Hall–Kier alpha value is -3.01. The van der Waals surface area contributed by atoms with Crippen LogP contribution < -0.4 is 26.4 Å². The number of benzene rings is 1. The number of anilines is 3. The number of nitrogens with one attached hydrogen (secondary N) is 4. The van der Waals surface area contributed by atoms with Gasteiger partial charge in [0.2, 0.25) is 5.95 Å². The lowest BCUT2D eigenvalue weighted by molar-refractivity contribution is 0.00528. The molecule has 1 aromatic heterocycles. The van der Waals surface area contributed by atoms with E-state index in [0.29, 0.717) is 49.2 Å². The summed E-state index contributed by atoms with van der Waals surface area (Å²) in [4.78, 5) is 8.49. The van der Waals surface area contributed by atoms with E-state index in [1.807, 2.05) is 12.1 Å². The Labute approximate surface area is 204 Å². The van der Waals surface area contributed by atoms with Crippen molar-refractivity contribution in [2.45, 2.75) is 63.6 Å². The minimum atomic E-state index is -2.50. The summed E-state index contributed by atoms with van der Waals surface area (Å²) in [5, 5.41) is 17.9. The molecule has 0 unspecified atom stereocenters. The first-order valence-electron chi connectivity index (χ1n) is 12.3. The Morgan fingerprint density at radius 3 is 2.60 bits per heavy atom. The van der Waals surface area contributed by atoms with Crippen LogP contribution >= 0.6 is 0 Å². The number of ether oxygens (including phenoxy) is 1. The second kappa shape index (κ2) is 9.22. The molecule has 0 atom stereocenters. The van der Waals surface area contributed by atoms with Crippen LogP contribution in [0.2, 0.25) is 0 Å². The summed E-state index contributed by atoms with van der Waals surface area (Å²) in [6.45, 7) is 1.76. The quantitative estimate of drug-likeness (QED) is 0.303. The maximum absolute atomic E-state index is 13.5. The number of aromatic nitrogens is 2. The van der Waals surface area contributed by atoms with Gasteiger partial charge in [0.25, 0.3) is 5.92 Å². The average Bonchev–Trinajstić information content (AvgIpc) is 3.37. The minimum Gasteiger partial charge on any atom is -0.496 e. The van der Waals surface area contributed by atoms with E-state index in [-0.39, 0.29) is 18.3 Å². The monoisotopic (exact) mass is 485 g/mol. The van der Waals surface area contributed by atoms with Gasteiger partial charge in [-0.15, -0.1) is 0 Å². The zero-order valence-corrected chi connectivity index (χ0v) is 20.0. The Morgan fingerprint density at radius 1 is 1.20 bits per heavy atom. The molecule has 3 aliphatic carbocycles. The lowest BCUT2D eigenvalue weighted by Crippen LogP contribution is -2.34. The molecular formula is C25H33F2N7O. The number of nitrogens with two attached hydrogens (primary N) is 1. The summed E-state index contributed by atoms with van der Waals surface area (Å²) in [5.41, 5.74) is 8.13. The van der Waals surface area contributed by atoms with E-state index in [1.54, 1.807) is 7.11 Å². The van der Waals surface area contributed by atoms with E-state index in [9.17, 15) is 8.78 Å². The summed E-state index contributed by atoms with van der Waals surface area (Å²) >= 11 is 0. The van der Waals surface area contributed by atoms with Crippen molar-refractivity contribution in [3.8, 4) is 5.75 Å². The number of methoxy groups -OCH3 is 1. The van der Waals surface area contributed by atoms with Crippen molar-refractivity contribution in [1.29, 1.82) is 5.41 Å². The highest BCUT2D eigenvalue weighted by Crippen LogP contribution is 2.72. The fourth-order valence-electron chi connectivity index (χ4n) is 5.26. The van der Waals surface area contributed by atoms with Crippen LogP contribution in [0.25, 0.3) is 0 Å². The van der Waals surface area contributed by atoms with Crippen LogP contribution in [0.5, 0.6) is 5.75 Å². The predicted molar refractivity (Wildman–Crippen MR) is 132 cm³/mol. The van der Waals surface area contributed by atoms with Gasteiger partial charge in [-0.25, -0.2) is 13.8 Å². The van der Waals surface area contributed by atoms with Crippen molar-refractivity contribution in [1.82, 2.24) is 15.3 Å². The number of rotatable bonds is 11. The van der Waals surface area contributed by atoms with Crippen LogP contribution in [0.3, 0.4) is 0 Å². The third kappa shape index (κ3) is 4.76. The van der Waals surface area contributed by atoms with Gasteiger partial charge in [-0.1, -0.05) is 18.6 Å². The maximum Gasteiger partial charge on any atom is 0.254 e. The molecule has 1 spiro atoms. The van der Waals surface area contributed by atoms with Gasteiger partial charge in [-0.2, -0.15) is 4.98 Å². The van der Waals surface area contributed by atoms with E-state index in [1.165, 1.54) is 19.3 Å². The molecule has 0 radical (unpaired) electrons. The highest BCUT2D eigenvalue weighted by molar-refractivity contribution is 5.88. The molecule has 0 amide bonds. The first-order chi connectivity index (χ1) is 16.8. The van der Waals surface area contributed by atoms with E-state index in [2.05, 4.69) is 32.0 Å². The Kier molecular flexibility index (Phi) is 6.25. The smallest absolute Gasteiger partial charge is 0.254 e. The molecule has 35 heavy (non-hydrogen) atoms. The van der Waals surface area contributed by atoms with Gasteiger partial charge in [0, 0.05) is 49.3 Å². The molecule has 10 heteroatoms. The number of hydrogen-bond donors (Lipinski definition) is 5. The molecular weight excluding hydrogens is 452 g/mol. The van der Waals surface area contributed by atoms with Crippen molar-refractivity contribution in [2.75, 3.05) is 30.0 Å². The fraction of sp³-hybridized carbons (Fsp3) is 0.560. The normalized spacial score (nSPS) is 24.4. The van der Waals surface area contributed by atoms with Gasteiger partial charge in [-0.3, -0.25) is 0 Å². The number of halogens is 2. The zero-order valence-electron chi connectivity index (χ0n) is 20.0. The third-order valence-electron chi connectivity index (χ3n) is 7.73. The summed E-state index contributed by atoms with van der Waals surface area (Å²) in [6, 6.07) is 6.77. The van der Waals surface area contributed by atoms with Crippen molar-refractivity contribution in [2.24, 2.45) is 11.3 Å². The number of alkyl halides is 2. The highest BCUT2D eigenvalue weighted by Gasteiger charge is 2.75. The summed E-state index contributed by atoms with van der Waals surface area (Å²) in [5.74, 6) is -1.03. The van der Waals surface area contributed by atoms with Crippen molar-refractivity contribution >= 4 is 23.7 Å². The van der Waals surface area contributed by atoms with Crippen LogP contribution in [0, 0.1) is 16.7 Å². The molecule has 2 aromatic rings. The Bertz CT molecular complexity index is 1100. The van der Waals surface area contributed by atoms with E-state index >= 15 is 0 Å².